The van der Waals surface area contributed by atoms with E-state index in [9.17, 15) is 14.0 Å². The lowest BCUT2D eigenvalue weighted by Gasteiger charge is -2.23. The summed E-state index contributed by atoms with van der Waals surface area (Å²) in [7, 11) is 0. The minimum Gasteiger partial charge on any atom is -0.463 e. The summed E-state index contributed by atoms with van der Waals surface area (Å²) in [6.07, 6.45) is 1.43. The van der Waals surface area contributed by atoms with E-state index in [-0.39, 0.29) is 27.3 Å². The number of aromatic nitrogens is 1. The van der Waals surface area contributed by atoms with Gasteiger partial charge in [0.1, 0.15) is 11.9 Å². The Morgan fingerprint density at radius 3 is 2.83 bits per heavy atom. The topological polar surface area (TPSA) is 60.7 Å². The molecule has 1 atom stereocenters. The van der Waals surface area contributed by atoms with Gasteiger partial charge in [-0.25, -0.2) is 14.2 Å². The molecule has 0 radical (unpaired) electrons. The van der Waals surface area contributed by atoms with Gasteiger partial charge < -0.3 is 4.74 Å². The smallest absolute Gasteiger partial charge is 0.338 e. The predicted molar refractivity (Wildman–Crippen MR) is 116 cm³/mol. The molecule has 154 valence electrons. The molecule has 1 aliphatic heterocycles. The van der Waals surface area contributed by atoms with Gasteiger partial charge in [-0.05, 0) is 43.5 Å². The molecular weight excluding hydrogens is 447 g/mol. The van der Waals surface area contributed by atoms with E-state index >= 15 is 0 Å². The summed E-state index contributed by atoms with van der Waals surface area (Å²) >= 11 is 8.68. The van der Waals surface area contributed by atoms with Crippen molar-refractivity contribution >= 4 is 46.3 Å². The molecule has 9 heteroatoms. The summed E-state index contributed by atoms with van der Waals surface area (Å²) in [6.45, 7) is 3.65. The number of thiophene rings is 1. The number of esters is 1. The first-order valence-electron chi connectivity index (χ1n) is 9.09. The summed E-state index contributed by atoms with van der Waals surface area (Å²) < 4.78 is 21.2. The fourth-order valence-electron chi connectivity index (χ4n) is 3.29. The van der Waals surface area contributed by atoms with Crippen molar-refractivity contribution in [2.24, 2.45) is 4.99 Å². The number of fused-ring (bicyclic) bond motifs is 1. The highest BCUT2D eigenvalue weighted by molar-refractivity contribution is 7.10. The molecule has 1 aliphatic rings. The number of carbonyl (C=O) groups is 1. The number of carbonyl (C=O) groups excluding carboxylic acids is 1. The highest BCUT2D eigenvalue weighted by atomic mass is 35.5. The number of benzene rings is 1. The lowest BCUT2D eigenvalue weighted by atomic mass is 10.0. The molecule has 0 N–H and O–H groups in total. The second-order valence-electron chi connectivity index (χ2n) is 6.45. The van der Waals surface area contributed by atoms with Gasteiger partial charge in [-0.2, -0.15) is 0 Å². The molecule has 3 aromatic rings. The van der Waals surface area contributed by atoms with Gasteiger partial charge in [0.05, 0.1) is 27.4 Å². The highest BCUT2D eigenvalue weighted by Gasteiger charge is 2.33. The van der Waals surface area contributed by atoms with Crippen LogP contribution < -0.4 is 14.9 Å². The molecule has 5 nitrogen and oxygen atoms in total. The lowest BCUT2D eigenvalue weighted by molar-refractivity contribution is -0.139. The molecule has 0 aliphatic carbocycles. The molecule has 0 saturated carbocycles. The molecule has 30 heavy (non-hydrogen) atoms. The van der Waals surface area contributed by atoms with Gasteiger partial charge in [-0.3, -0.25) is 9.36 Å². The number of allylic oxidation sites excluding steroid dienone is 1. The number of ether oxygens (including phenoxy) is 1. The third kappa shape index (κ3) is 3.55. The summed E-state index contributed by atoms with van der Waals surface area (Å²) in [5.74, 6) is -1.03. The third-order valence-corrected chi connectivity index (χ3v) is 6.84. The van der Waals surface area contributed by atoms with E-state index in [4.69, 9.17) is 16.3 Å². The zero-order valence-corrected chi connectivity index (χ0v) is 18.4. The second kappa shape index (κ2) is 8.29. The molecule has 0 bridgehead atoms. The number of rotatable bonds is 4. The molecule has 0 spiro atoms. The summed E-state index contributed by atoms with van der Waals surface area (Å²) in [5, 5.41) is 2.08. The van der Waals surface area contributed by atoms with E-state index < -0.39 is 17.8 Å². The summed E-state index contributed by atoms with van der Waals surface area (Å²) in [5.41, 5.74) is 0.579. The van der Waals surface area contributed by atoms with Crippen LogP contribution in [0, 0.1) is 5.82 Å². The quantitative estimate of drug-likeness (QED) is 0.556. The van der Waals surface area contributed by atoms with Gasteiger partial charge in [0.2, 0.25) is 0 Å². The van der Waals surface area contributed by atoms with Crippen LogP contribution in [0.15, 0.2) is 56.8 Å². The van der Waals surface area contributed by atoms with E-state index in [1.165, 1.54) is 34.1 Å². The van der Waals surface area contributed by atoms with Crippen molar-refractivity contribution in [3.8, 4) is 0 Å². The highest BCUT2D eigenvalue weighted by Crippen LogP contribution is 2.33. The van der Waals surface area contributed by atoms with E-state index in [0.717, 1.165) is 16.2 Å². The van der Waals surface area contributed by atoms with E-state index in [0.29, 0.717) is 16.1 Å². The minimum absolute atomic E-state index is 0.137. The Morgan fingerprint density at radius 2 is 2.17 bits per heavy atom. The molecular formula is C21H16ClFN2O3S2. The standard InChI is InChI=1S/C21H16ClFN2O3S2/c1-3-28-20(27)17-11(2)24-21-25(18(17)15-8-5-9-29-15)19(26)16(30-21)10-12-13(22)6-4-7-14(12)23/h4-10,18H,3H2,1-2H3/t18-/m1/s1. The molecule has 0 unspecified atom stereocenters. The van der Waals surface area contributed by atoms with Gasteiger partial charge in [-0.1, -0.05) is 35.1 Å². The Bertz CT molecular complexity index is 1320. The first-order chi connectivity index (χ1) is 14.4. The molecule has 1 aromatic carbocycles. The van der Waals surface area contributed by atoms with Crippen molar-refractivity contribution in [2.45, 2.75) is 19.9 Å². The predicted octanol–water partition coefficient (Wildman–Crippen LogP) is 3.65. The molecule has 0 saturated heterocycles. The molecule has 0 amide bonds. The minimum atomic E-state index is -0.654. The van der Waals surface area contributed by atoms with Crippen LogP contribution in [-0.4, -0.2) is 17.1 Å². The van der Waals surface area contributed by atoms with Crippen LogP contribution in [-0.2, 0) is 9.53 Å². The number of nitrogens with zero attached hydrogens (tertiary/aromatic N) is 2. The maximum Gasteiger partial charge on any atom is 0.338 e. The zero-order chi connectivity index (χ0) is 21.4. The fraction of sp³-hybridized carbons (Fsp3) is 0.190. The molecule has 4 rings (SSSR count). The van der Waals surface area contributed by atoms with Crippen LogP contribution in [0.25, 0.3) is 6.08 Å². The first-order valence-corrected chi connectivity index (χ1v) is 11.2. The lowest BCUT2D eigenvalue weighted by Crippen LogP contribution is -2.39. The molecule has 2 aromatic heterocycles. The van der Waals surface area contributed by atoms with Crippen LogP contribution in [0.3, 0.4) is 0 Å². The van der Waals surface area contributed by atoms with Crippen LogP contribution in [0.1, 0.15) is 30.3 Å². The largest absolute Gasteiger partial charge is 0.463 e. The van der Waals surface area contributed by atoms with E-state index in [1.807, 2.05) is 17.5 Å². The fourth-order valence-corrected chi connectivity index (χ4v) is 5.36. The Balaban J connectivity index is 1.98. The van der Waals surface area contributed by atoms with Crippen molar-refractivity contribution in [3.05, 3.63) is 88.0 Å². The first kappa shape index (κ1) is 20.7. The summed E-state index contributed by atoms with van der Waals surface area (Å²) in [4.78, 5) is 31.7. The monoisotopic (exact) mass is 462 g/mol. The SMILES string of the molecule is CCOC(=O)C1=C(C)N=c2sc(=Cc3c(F)cccc3Cl)c(=O)n2[C@@H]1c1cccs1. The average Bonchev–Trinajstić information content (AvgIpc) is 3.33. The Morgan fingerprint density at radius 1 is 1.37 bits per heavy atom. The van der Waals surface area contributed by atoms with Crippen molar-refractivity contribution in [1.29, 1.82) is 0 Å². The molecule has 3 heterocycles. The number of hydrogen-bond donors (Lipinski definition) is 0. The Labute approximate surface area is 184 Å². The van der Waals surface area contributed by atoms with Crippen molar-refractivity contribution < 1.29 is 13.9 Å². The van der Waals surface area contributed by atoms with E-state index in [2.05, 4.69) is 4.99 Å². The van der Waals surface area contributed by atoms with Crippen LogP contribution in [0.4, 0.5) is 4.39 Å². The van der Waals surface area contributed by atoms with Crippen LogP contribution in [0.5, 0.6) is 0 Å². The van der Waals surface area contributed by atoms with Gasteiger partial charge >= 0.3 is 5.97 Å². The Kier molecular flexibility index (Phi) is 5.73. The van der Waals surface area contributed by atoms with Crippen molar-refractivity contribution in [2.75, 3.05) is 6.61 Å². The van der Waals surface area contributed by atoms with Crippen molar-refractivity contribution in [3.63, 3.8) is 0 Å². The number of halogens is 2. The van der Waals surface area contributed by atoms with Gasteiger partial charge in [-0.15, -0.1) is 11.3 Å². The van der Waals surface area contributed by atoms with Crippen LogP contribution >= 0.6 is 34.3 Å². The van der Waals surface area contributed by atoms with Crippen LogP contribution in [0.2, 0.25) is 5.02 Å². The Hall–Kier alpha value is -2.55. The number of thiazole rings is 1. The van der Waals surface area contributed by atoms with E-state index in [1.54, 1.807) is 19.9 Å². The van der Waals surface area contributed by atoms with Crippen molar-refractivity contribution in [1.82, 2.24) is 4.57 Å². The molecule has 0 fully saturated rings. The second-order valence-corrected chi connectivity index (χ2v) is 8.85. The van der Waals surface area contributed by atoms with Gasteiger partial charge in [0, 0.05) is 10.4 Å². The maximum atomic E-state index is 14.3. The van der Waals surface area contributed by atoms with Gasteiger partial charge in [0.15, 0.2) is 4.80 Å². The third-order valence-electron chi connectivity index (χ3n) is 4.60. The number of hydrogen-bond acceptors (Lipinski definition) is 6. The van der Waals surface area contributed by atoms with Gasteiger partial charge in [0.25, 0.3) is 5.56 Å². The maximum absolute atomic E-state index is 14.3. The normalized spacial score (nSPS) is 16.4. The summed E-state index contributed by atoms with van der Waals surface area (Å²) in [6, 6.07) is 7.41. The average molecular weight is 463 g/mol. The zero-order valence-electron chi connectivity index (χ0n) is 16.0.